The lowest BCUT2D eigenvalue weighted by atomic mass is 10.2. The van der Waals surface area contributed by atoms with Crippen molar-refractivity contribution < 1.29 is 18.7 Å². The zero-order chi connectivity index (χ0) is 22.4. The highest BCUT2D eigenvalue weighted by atomic mass is 19.1. The van der Waals surface area contributed by atoms with Crippen molar-refractivity contribution in [3.05, 3.63) is 71.8 Å². The van der Waals surface area contributed by atoms with E-state index in [1.54, 1.807) is 23.1 Å². The fraction of sp³-hybridized carbons (Fsp3) is 0.458. The minimum Gasteiger partial charge on any atom is -0.492 e. The number of amides is 1. The topological polar surface area (TPSA) is 38.8 Å². The van der Waals surface area contributed by atoms with Crippen molar-refractivity contribution in [1.82, 2.24) is 4.90 Å². The van der Waals surface area contributed by atoms with Crippen molar-refractivity contribution in [2.45, 2.75) is 60.6 Å². The van der Waals surface area contributed by atoms with Crippen LogP contribution in [-0.4, -0.2) is 29.7 Å². The standard InChI is InChI=1S/C22H30FNO3.C2H6/c1-7-17(3)15-20(8-2)26-14-13-24(21(25)27-22(4,5)6)16-18-9-11-19(23)12-10-18;1-2/h7-12,15H,1,13-14,16H2,2-6H3;1-2H3/b17-15-,20-8+;. The lowest BCUT2D eigenvalue weighted by Crippen LogP contribution is -2.38. The van der Waals surface area contributed by atoms with Crippen LogP contribution in [0.1, 0.15) is 54.0 Å². The Hall–Kier alpha value is -2.56. The Labute approximate surface area is 175 Å². The molecule has 1 aromatic carbocycles. The average Bonchev–Trinajstić information content (AvgIpc) is 2.67. The smallest absolute Gasteiger partial charge is 0.410 e. The predicted molar refractivity (Wildman–Crippen MR) is 118 cm³/mol. The van der Waals surface area contributed by atoms with E-state index in [2.05, 4.69) is 6.58 Å². The molecule has 0 bridgehead atoms. The largest absolute Gasteiger partial charge is 0.492 e. The first-order valence-electron chi connectivity index (χ1n) is 9.97. The molecule has 0 radical (unpaired) electrons. The number of rotatable bonds is 8. The molecule has 1 rings (SSSR count). The molecule has 0 aliphatic heterocycles. The van der Waals surface area contributed by atoms with E-state index in [0.717, 1.165) is 11.1 Å². The highest BCUT2D eigenvalue weighted by Crippen LogP contribution is 2.14. The van der Waals surface area contributed by atoms with E-state index in [1.165, 1.54) is 12.1 Å². The highest BCUT2D eigenvalue weighted by Gasteiger charge is 2.22. The van der Waals surface area contributed by atoms with Crippen molar-refractivity contribution in [3.63, 3.8) is 0 Å². The number of hydrogen-bond acceptors (Lipinski definition) is 3. The van der Waals surface area contributed by atoms with Gasteiger partial charge in [0.2, 0.25) is 0 Å². The van der Waals surface area contributed by atoms with Crippen LogP contribution < -0.4 is 0 Å². The van der Waals surface area contributed by atoms with E-state index < -0.39 is 11.7 Å². The summed E-state index contributed by atoms with van der Waals surface area (Å²) in [5.74, 6) is 0.395. The minimum absolute atomic E-state index is 0.307. The van der Waals surface area contributed by atoms with E-state index in [4.69, 9.17) is 9.47 Å². The Balaban J connectivity index is 0.00000379. The maximum atomic E-state index is 13.1. The summed E-state index contributed by atoms with van der Waals surface area (Å²) >= 11 is 0. The van der Waals surface area contributed by atoms with Crippen molar-refractivity contribution in [3.8, 4) is 0 Å². The second kappa shape index (κ2) is 13.6. The summed E-state index contributed by atoms with van der Waals surface area (Å²) in [5, 5.41) is 0. The van der Waals surface area contributed by atoms with Gasteiger partial charge in [-0.15, -0.1) is 0 Å². The summed E-state index contributed by atoms with van der Waals surface area (Å²) in [6, 6.07) is 6.06. The zero-order valence-corrected chi connectivity index (χ0v) is 18.9. The van der Waals surface area contributed by atoms with Gasteiger partial charge >= 0.3 is 6.09 Å². The van der Waals surface area contributed by atoms with Gasteiger partial charge in [0.15, 0.2) is 0 Å². The number of nitrogens with zero attached hydrogens (tertiary/aromatic N) is 1. The Morgan fingerprint density at radius 2 is 1.79 bits per heavy atom. The third-order valence-corrected chi connectivity index (χ3v) is 3.54. The third kappa shape index (κ3) is 11.8. The quantitative estimate of drug-likeness (QED) is 0.359. The Morgan fingerprint density at radius 1 is 1.21 bits per heavy atom. The van der Waals surface area contributed by atoms with E-state index >= 15 is 0 Å². The van der Waals surface area contributed by atoms with Gasteiger partial charge in [0.25, 0.3) is 0 Å². The molecule has 1 amide bonds. The monoisotopic (exact) mass is 405 g/mol. The first kappa shape index (κ1) is 26.4. The Bertz CT molecular complexity index is 685. The molecule has 0 aliphatic carbocycles. The summed E-state index contributed by atoms with van der Waals surface area (Å²) in [5.41, 5.74) is 1.20. The number of allylic oxidation sites excluding steroid dienone is 4. The fourth-order valence-electron chi connectivity index (χ4n) is 2.14. The summed E-state index contributed by atoms with van der Waals surface area (Å²) in [6.07, 6.45) is 5.04. The first-order chi connectivity index (χ1) is 13.6. The van der Waals surface area contributed by atoms with Crippen LogP contribution in [0.25, 0.3) is 0 Å². The molecule has 0 aliphatic rings. The molecule has 0 atom stereocenters. The molecule has 0 heterocycles. The summed E-state index contributed by atoms with van der Waals surface area (Å²) in [7, 11) is 0. The predicted octanol–water partition coefficient (Wildman–Crippen LogP) is 6.64. The Morgan fingerprint density at radius 3 is 2.28 bits per heavy atom. The number of halogens is 1. The maximum absolute atomic E-state index is 13.1. The number of hydrogen-bond donors (Lipinski definition) is 0. The SMILES string of the molecule is C=C/C(C)=C\C(=C/C)OCCN(Cc1ccc(F)cc1)C(=O)OC(C)(C)C.CC. The van der Waals surface area contributed by atoms with Crippen LogP contribution >= 0.6 is 0 Å². The van der Waals surface area contributed by atoms with Crippen molar-refractivity contribution in [2.24, 2.45) is 0 Å². The number of carbonyl (C=O) groups is 1. The maximum Gasteiger partial charge on any atom is 0.410 e. The van der Waals surface area contributed by atoms with Gasteiger partial charge in [-0.25, -0.2) is 9.18 Å². The van der Waals surface area contributed by atoms with E-state index in [-0.39, 0.29) is 5.82 Å². The van der Waals surface area contributed by atoms with Gasteiger partial charge in [-0.2, -0.15) is 0 Å². The van der Waals surface area contributed by atoms with Crippen molar-refractivity contribution in [1.29, 1.82) is 0 Å². The van der Waals surface area contributed by atoms with Crippen molar-refractivity contribution in [2.75, 3.05) is 13.2 Å². The molecule has 29 heavy (non-hydrogen) atoms. The van der Waals surface area contributed by atoms with Gasteiger partial charge in [0.05, 0.1) is 6.54 Å². The molecule has 0 aromatic heterocycles. The van der Waals surface area contributed by atoms with Crippen LogP contribution in [0.4, 0.5) is 9.18 Å². The zero-order valence-electron chi connectivity index (χ0n) is 18.9. The highest BCUT2D eigenvalue weighted by molar-refractivity contribution is 5.68. The second-order valence-corrected chi connectivity index (χ2v) is 7.16. The van der Waals surface area contributed by atoms with E-state index in [9.17, 15) is 9.18 Å². The molecular formula is C24H36FNO3. The molecule has 0 fully saturated rings. The van der Waals surface area contributed by atoms with Crippen molar-refractivity contribution >= 4 is 6.09 Å². The van der Waals surface area contributed by atoms with Gasteiger partial charge in [-0.3, -0.25) is 0 Å². The van der Waals surface area contributed by atoms with Crippen LogP contribution in [0.5, 0.6) is 0 Å². The Kier molecular flexibility index (Phi) is 12.4. The summed E-state index contributed by atoms with van der Waals surface area (Å²) in [4.78, 5) is 14.1. The van der Waals surface area contributed by atoms with Gasteiger partial charge in [-0.1, -0.05) is 38.6 Å². The molecule has 0 saturated carbocycles. The van der Waals surface area contributed by atoms with Crippen LogP contribution in [0, 0.1) is 5.82 Å². The van der Waals surface area contributed by atoms with Gasteiger partial charge in [0, 0.05) is 6.54 Å². The second-order valence-electron chi connectivity index (χ2n) is 7.16. The van der Waals surface area contributed by atoms with Crippen LogP contribution in [-0.2, 0) is 16.0 Å². The van der Waals surface area contributed by atoms with E-state index in [0.29, 0.717) is 25.5 Å². The lowest BCUT2D eigenvalue weighted by Gasteiger charge is -2.27. The molecular weight excluding hydrogens is 369 g/mol. The number of ether oxygens (including phenoxy) is 2. The van der Waals surface area contributed by atoms with E-state index in [1.807, 2.05) is 60.6 Å². The normalized spacial score (nSPS) is 11.9. The molecule has 0 N–H and O–H groups in total. The molecule has 4 nitrogen and oxygen atoms in total. The summed E-state index contributed by atoms with van der Waals surface area (Å²) < 4.78 is 24.4. The third-order valence-electron chi connectivity index (χ3n) is 3.54. The van der Waals surface area contributed by atoms with Crippen LogP contribution in [0.2, 0.25) is 0 Å². The minimum atomic E-state index is -0.600. The first-order valence-corrected chi connectivity index (χ1v) is 9.97. The molecule has 5 heteroatoms. The lowest BCUT2D eigenvalue weighted by molar-refractivity contribution is 0.0191. The number of carbonyl (C=O) groups excluding carboxylic acids is 1. The molecule has 162 valence electrons. The fourth-order valence-corrected chi connectivity index (χ4v) is 2.14. The van der Waals surface area contributed by atoms with Gasteiger partial charge < -0.3 is 14.4 Å². The van der Waals surface area contributed by atoms with Crippen LogP contribution in [0.3, 0.4) is 0 Å². The molecule has 0 saturated heterocycles. The summed E-state index contributed by atoms with van der Waals surface area (Å²) in [6.45, 7) is 17.9. The number of benzene rings is 1. The van der Waals surface area contributed by atoms with Gasteiger partial charge in [0.1, 0.15) is 23.8 Å². The average molecular weight is 406 g/mol. The van der Waals surface area contributed by atoms with Gasteiger partial charge in [-0.05, 0) is 70.0 Å². The molecule has 0 spiro atoms. The molecule has 1 aromatic rings. The van der Waals surface area contributed by atoms with Crippen LogP contribution in [0.15, 0.2) is 60.4 Å². The molecule has 0 unspecified atom stereocenters.